The maximum Gasteiger partial charge on any atom is 0.248 e. The zero-order chi connectivity index (χ0) is 20.9. The summed E-state index contributed by atoms with van der Waals surface area (Å²) in [7, 11) is 0. The molecule has 2 unspecified atom stereocenters. The Kier molecular flexibility index (Phi) is 4.29. The number of Topliss-reactive ketones (excluding diaryl/α,β-unsaturated/α-hetero) is 1. The molecule has 0 spiro atoms. The van der Waals surface area contributed by atoms with Crippen LogP contribution in [0.3, 0.4) is 0 Å². The molecular formula is C27H23NO3. The predicted octanol–water partition coefficient (Wildman–Crippen LogP) is 5.19. The highest BCUT2D eigenvalue weighted by Gasteiger charge is 2.43. The molecule has 4 aromatic carbocycles. The fourth-order valence-electron chi connectivity index (χ4n) is 5.22. The van der Waals surface area contributed by atoms with Crippen LogP contribution in [0.4, 0.5) is 0 Å². The zero-order valence-electron chi connectivity index (χ0n) is 17.2. The second-order valence-corrected chi connectivity index (χ2v) is 8.64. The number of hydroxylamine groups is 2. The summed E-state index contributed by atoms with van der Waals surface area (Å²) in [4.78, 5) is 30.1. The van der Waals surface area contributed by atoms with Crippen molar-refractivity contribution >= 4 is 44.0 Å². The number of hydrogen-bond donors (Lipinski definition) is 0. The molecule has 31 heavy (non-hydrogen) atoms. The van der Waals surface area contributed by atoms with Crippen LogP contribution in [0, 0.1) is 5.92 Å². The van der Waals surface area contributed by atoms with Gasteiger partial charge in [-0.05, 0) is 57.1 Å². The first-order chi connectivity index (χ1) is 15.2. The minimum absolute atomic E-state index is 0.0768. The lowest BCUT2D eigenvalue weighted by atomic mass is 9.90. The Morgan fingerprint density at radius 1 is 0.871 bits per heavy atom. The van der Waals surface area contributed by atoms with E-state index in [4.69, 9.17) is 4.84 Å². The van der Waals surface area contributed by atoms with Crippen molar-refractivity contribution in [2.75, 3.05) is 6.61 Å². The maximum atomic E-state index is 12.2. The van der Waals surface area contributed by atoms with Crippen molar-refractivity contribution in [3.63, 3.8) is 0 Å². The van der Waals surface area contributed by atoms with Crippen molar-refractivity contribution in [1.29, 1.82) is 0 Å². The van der Waals surface area contributed by atoms with Crippen molar-refractivity contribution < 1.29 is 14.4 Å². The summed E-state index contributed by atoms with van der Waals surface area (Å²) in [5, 5.41) is 9.16. The van der Waals surface area contributed by atoms with Crippen LogP contribution in [0.15, 0.2) is 66.7 Å². The smallest absolute Gasteiger partial charge is 0.248 e. The molecule has 1 amide bonds. The molecular weight excluding hydrogens is 386 g/mol. The van der Waals surface area contributed by atoms with E-state index < -0.39 is 6.04 Å². The van der Waals surface area contributed by atoms with Gasteiger partial charge in [-0.3, -0.25) is 14.4 Å². The second-order valence-electron chi connectivity index (χ2n) is 8.64. The number of ketones is 1. The summed E-state index contributed by atoms with van der Waals surface area (Å²) < 4.78 is 0. The molecule has 1 saturated heterocycles. The van der Waals surface area contributed by atoms with E-state index in [1.807, 2.05) is 6.08 Å². The van der Waals surface area contributed by atoms with Gasteiger partial charge in [-0.2, -0.15) is 0 Å². The van der Waals surface area contributed by atoms with Crippen molar-refractivity contribution in [2.45, 2.75) is 31.7 Å². The fraction of sp³-hybridized carbons (Fsp3) is 0.259. The molecule has 2 aliphatic rings. The van der Waals surface area contributed by atoms with Gasteiger partial charge >= 0.3 is 0 Å². The Hall–Kier alpha value is -3.24. The number of amides is 1. The number of carbonyl (C=O) groups excluding carboxylic acids is 2. The number of unbranched alkanes of at least 4 members (excludes halogenated alkanes) is 1. The number of hydrogen-bond acceptors (Lipinski definition) is 3. The molecule has 2 atom stereocenters. The van der Waals surface area contributed by atoms with E-state index in [0.29, 0.717) is 6.61 Å². The van der Waals surface area contributed by atoms with Crippen LogP contribution in [0.25, 0.3) is 32.3 Å². The summed E-state index contributed by atoms with van der Waals surface area (Å²) in [6.07, 6.45) is 6.60. The van der Waals surface area contributed by atoms with Gasteiger partial charge in [0.1, 0.15) is 6.04 Å². The van der Waals surface area contributed by atoms with E-state index in [1.54, 1.807) is 6.08 Å². The highest BCUT2D eigenvalue weighted by atomic mass is 16.7. The molecule has 0 N–H and O–H groups in total. The van der Waals surface area contributed by atoms with Gasteiger partial charge in [0.25, 0.3) is 0 Å². The number of aryl methyl sites for hydroxylation is 1. The molecule has 0 radical (unpaired) electrons. The quantitative estimate of drug-likeness (QED) is 0.250. The number of benzene rings is 4. The molecule has 154 valence electrons. The molecule has 0 aromatic heterocycles. The fourth-order valence-corrected chi connectivity index (χ4v) is 5.22. The highest BCUT2D eigenvalue weighted by molar-refractivity contribution is 6.23. The van der Waals surface area contributed by atoms with Gasteiger partial charge in [0.15, 0.2) is 5.78 Å². The molecule has 1 heterocycles. The maximum absolute atomic E-state index is 12.2. The van der Waals surface area contributed by atoms with E-state index in [-0.39, 0.29) is 24.0 Å². The van der Waals surface area contributed by atoms with Crippen LogP contribution >= 0.6 is 0 Å². The Labute approximate surface area is 180 Å². The average molecular weight is 409 g/mol. The first-order valence-corrected chi connectivity index (χ1v) is 11.0. The summed E-state index contributed by atoms with van der Waals surface area (Å²) in [6, 6.07) is 19.3. The zero-order valence-corrected chi connectivity index (χ0v) is 17.2. The molecule has 6 rings (SSSR count). The van der Waals surface area contributed by atoms with Crippen LogP contribution in [-0.2, 0) is 20.8 Å². The first kappa shape index (κ1) is 18.5. The van der Waals surface area contributed by atoms with E-state index in [2.05, 4.69) is 54.6 Å². The van der Waals surface area contributed by atoms with Crippen molar-refractivity contribution in [2.24, 2.45) is 5.92 Å². The van der Waals surface area contributed by atoms with E-state index in [0.717, 1.165) is 19.3 Å². The number of nitrogens with zero attached hydrogens (tertiary/aromatic N) is 1. The summed E-state index contributed by atoms with van der Waals surface area (Å²) in [5.41, 5.74) is 1.35. The van der Waals surface area contributed by atoms with Gasteiger partial charge in [0.2, 0.25) is 5.91 Å². The van der Waals surface area contributed by atoms with Gasteiger partial charge in [-0.15, -0.1) is 0 Å². The Morgan fingerprint density at radius 2 is 1.65 bits per heavy atom. The van der Waals surface area contributed by atoms with Crippen molar-refractivity contribution in [3.8, 4) is 0 Å². The first-order valence-electron chi connectivity index (χ1n) is 11.0. The average Bonchev–Trinajstić information content (AvgIpc) is 3.04. The summed E-state index contributed by atoms with van der Waals surface area (Å²) in [5.74, 6) is -0.260. The molecule has 1 fully saturated rings. The SMILES string of the molecule is O=C1C2C=CC1N(OCCCCc1cc3cccc4ccc5cccc1c5c43)C(=O)C2. The van der Waals surface area contributed by atoms with Gasteiger partial charge in [0.05, 0.1) is 6.61 Å². The lowest BCUT2D eigenvalue weighted by Gasteiger charge is -2.30. The standard InChI is InChI=1S/C27H23NO3/c29-24-16-21-12-13-23(27(21)30)28(24)31-14-2-1-5-19-15-20-8-3-6-17-10-11-18-7-4-9-22(19)26(18)25(17)20/h3-4,6-13,15,21,23H,1-2,5,14,16H2. The lowest BCUT2D eigenvalue weighted by Crippen LogP contribution is -2.48. The van der Waals surface area contributed by atoms with E-state index in [9.17, 15) is 9.59 Å². The highest BCUT2D eigenvalue weighted by Crippen LogP contribution is 2.37. The third-order valence-electron chi connectivity index (χ3n) is 6.74. The number of allylic oxidation sites excluding steroid dienone is 1. The van der Waals surface area contributed by atoms with Crippen LogP contribution in [0.2, 0.25) is 0 Å². The second kappa shape index (κ2) is 7.17. The van der Waals surface area contributed by atoms with Gasteiger partial charge in [-0.1, -0.05) is 66.7 Å². The number of carbonyl (C=O) groups is 2. The van der Waals surface area contributed by atoms with Crippen LogP contribution < -0.4 is 0 Å². The Morgan fingerprint density at radius 3 is 2.52 bits per heavy atom. The van der Waals surface area contributed by atoms with Crippen molar-refractivity contribution in [3.05, 3.63) is 72.3 Å². The third kappa shape index (κ3) is 2.94. The number of piperidine rings is 1. The molecule has 0 saturated carbocycles. The number of fused-ring (bicyclic) bond motifs is 2. The van der Waals surface area contributed by atoms with E-state index >= 15 is 0 Å². The summed E-state index contributed by atoms with van der Waals surface area (Å²) in [6.45, 7) is 0.442. The van der Waals surface area contributed by atoms with Crippen molar-refractivity contribution in [1.82, 2.24) is 5.06 Å². The molecule has 1 aliphatic heterocycles. The monoisotopic (exact) mass is 409 g/mol. The molecule has 4 heteroatoms. The molecule has 4 aromatic rings. The lowest BCUT2D eigenvalue weighted by molar-refractivity contribution is -0.202. The van der Waals surface area contributed by atoms with Gasteiger partial charge in [0, 0.05) is 12.3 Å². The molecule has 4 nitrogen and oxygen atoms in total. The predicted molar refractivity (Wildman–Crippen MR) is 122 cm³/mol. The Balaban J connectivity index is 1.18. The van der Waals surface area contributed by atoms with E-state index in [1.165, 1.54) is 42.9 Å². The van der Waals surface area contributed by atoms with Crippen LogP contribution in [-0.4, -0.2) is 29.4 Å². The summed E-state index contributed by atoms with van der Waals surface area (Å²) >= 11 is 0. The minimum atomic E-state index is -0.526. The molecule has 1 aliphatic carbocycles. The topological polar surface area (TPSA) is 46.6 Å². The van der Waals surface area contributed by atoms with Crippen LogP contribution in [0.5, 0.6) is 0 Å². The Bertz CT molecular complexity index is 1360. The molecule has 2 bridgehead atoms. The van der Waals surface area contributed by atoms with Gasteiger partial charge < -0.3 is 0 Å². The largest absolute Gasteiger partial charge is 0.296 e. The van der Waals surface area contributed by atoms with Crippen LogP contribution in [0.1, 0.15) is 24.8 Å². The number of rotatable bonds is 6. The van der Waals surface area contributed by atoms with Gasteiger partial charge in [-0.25, -0.2) is 5.06 Å². The minimum Gasteiger partial charge on any atom is -0.296 e. The normalized spacial score (nSPS) is 20.7. The third-order valence-corrected chi connectivity index (χ3v) is 6.74.